The van der Waals surface area contributed by atoms with Crippen LogP contribution in [0.5, 0.6) is 11.5 Å². The molecule has 8 heteroatoms. The Hall–Kier alpha value is -2.77. The molecule has 0 spiro atoms. The van der Waals surface area contributed by atoms with Crippen LogP contribution in [0.3, 0.4) is 0 Å². The van der Waals surface area contributed by atoms with Crippen LogP contribution in [0.2, 0.25) is 0 Å². The number of ether oxygens (including phenoxy) is 2. The quantitative estimate of drug-likeness (QED) is 0.676. The number of carbonyl (C=O) groups is 1. The summed E-state index contributed by atoms with van der Waals surface area (Å²) in [5, 5.41) is 2.38. The number of amides is 1. The van der Waals surface area contributed by atoms with E-state index in [2.05, 4.69) is 10.1 Å². The predicted octanol–water partition coefficient (Wildman–Crippen LogP) is 3.27. The van der Waals surface area contributed by atoms with E-state index in [1.165, 1.54) is 13.2 Å². The van der Waals surface area contributed by atoms with Crippen LogP contribution in [0.25, 0.3) is 0 Å². The number of halogens is 4. The Labute approximate surface area is 128 Å². The molecule has 23 heavy (non-hydrogen) atoms. The summed E-state index contributed by atoms with van der Waals surface area (Å²) in [6, 6.07) is 6.35. The van der Waals surface area contributed by atoms with Gasteiger partial charge in [0.05, 0.1) is 7.11 Å². The van der Waals surface area contributed by atoms with Crippen LogP contribution in [0.4, 0.5) is 23.2 Å². The average Bonchev–Trinajstić information content (AvgIpc) is 2.53. The summed E-state index contributed by atoms with van der Waals surface area (Å²) in [5.41, 5.74) is 0.351. The lowest BCUT2D eigenvalue weighted by Gasteiger charge is -2.10. The number of hydrogen-bond donors (Lipinski definition) is 1. The van der Waals surface area contributed by atoms with E-state index in [9.17, 15) is 22.4 Å². The van der Waals surface area contributed by atoms with Crippen molar-refractivity contribution in [3.63, 3.8) is 0 Å². The minimum absolute atomic E-state index is 0.0494. The zero-order chi connectivity index (χ0) is 17.0. The fraction of sp³-hybridized carbons (Fsp3) is 0.133. The third-order valence-corrected chi connectivity index (χ3v) is 2.77. The summed E-state index contributed by atoms with van der Waals surface area (Å²) < 4.78 is 62.2. The van der Waals surface area contributed by atoms with E-state index in [0.29, 0.717) is 11.4 Å². The van der Waals surface area contributed by atoms with Crippen LogP contribution in [-0.4, -0.2) is 19.6 Å². The van der Waals surface area contributed by atoms with Crippen LogP contribution in [-0.2, 0) is 4.79 Å². The summed E-state index contributed by atoms with van der Waals surface area (Å²) in [4.78, 5) is 11.7. The second-order valence-corrected chi connectivity index (χ2v) is 4.37. The highest BCUT2D eigenvalue weighted by Crippen LogP contribution is 2.26. The summed E-state index contributed by atoms with van der Waals surface area (Å²) in [6.45, 7) is -0.839. The monoisotopic (exact) mass is 329 g/mol. The molecule has 1 amide bonds. The van der Waals surface area contributed by atoms with Crippen LogP contribution in [0.15, 0.2) is 30.3 Å². The molecule has 0 radical (unpaired) electrons. The van der Waals surface area contributed by atoms with Gasteiger partial charge in [0, 0.05) is 17.8 Å². The summed E-state index contributed by atoms with van der Waals surface area (Å²) in [5.74, 6) is -8.24. The molecule has 0 aliphatic heterocycles. The molecule has 0 aliphatic carbocycles. The van der Waals surface area contributed by atoms with E-state index in [0.717, 1.165) is 0 Å². The highest BCUT2D eigenvalue weighted by atomic mass is 19.2. The number of nitrogens with one attached hydrogen (secondary N) is 1. The van der Waals surface area contributed by atoms with E-state index in [1.807, 2.05) is 0 Å². The smallest absolute Gasteiger partial charge is 0.262 e. The van der Waals surface area contributed by atoms with E-state index in [-0.39, 0.29) is 6.07 Å². The Kier molecular flexibility index (Phi) is 5.05. The number of rotatable bonds is 5. The van der Waals surface area contributed by atoms with Gasteiger partial charge in [0.15, 0.2) is 24.0 Å². The molecule has 0 bridgehead atoms. The first-order valence-electron chi connectivity index (χ1n) is 6.32. The lowest BCUT2D eigenvalue weighted by atomic mass is 10.3. The maximum absolute atomic E-state index is 13.4. The maximum Gasteiger partial charge on any atom is 0.262 e. The Bertz CT molecular complexity index is 711. The maximum atomic E-state index is 13.4. The largest absolute Gasteiger partial charge is 0.497 e. The standard InChI is InChI=1S/C15H11F4NO3/c1-22-9-4-2-3-8(5-9)20-12(21)7-23-15-13(18)10(16)6-11(17)14(15)19/h2-6H,7H2,1H3,(H,20,21). The van der Waals surface area contributed by atoms with Crippen LogP contribution in [0.1, 0.15) is 0 Å². The topological polar surface area (TPSA) is 47.6 Å². The molecule has 0 atom stereocenters. The number of benzene rings is 2. The van der Waals surface area contributed by atoms with Crippen molar-refractivity contribution < 1.29 is 31.8 Å². The molecule has 0 unspecified atom stereocenters. The van der Waals surface area contributed by atoms with Crippen molar-refractivity contribution in [3.8, 4) is 11.5 Å². The summed E-state index contributed by atoms with van der Waals surface area (Å²) in [7, 11) is 1.44. The molecular formula is C15H11F4NO3. The van der Waals surface area contributed by atoms with Gasteiger partial charge in [-0.3, -0.25) is 4.79 Å². The lowest BCUT2D eigenvalue weighted by Crippen LogP contribution is -2.21. The third kappa shape index (κ3) is 3.91. The van der Waals surface area contributed by atoms with Gasteiger partial charge >= 0.3 is 0 Å². The zero-order valence-corrected chi connectivity index (χ0v) is 11.8. The van der Waals surface area contributed by atoms with Crippen molar-refractivity contribution in [3.05, 3.63) is 53.6 Å². The highest BCUT2D eigenvalue weighted by Gasteiger charge is 2.21. The SMILES string of the molecule is COc1cccc(NC(=O)COc2c(F)c(F)cc(F)c2F)c1. The lowest BCUT2D eigenvalue weighted by molar-refractivity contribution is -0.118. The molecule has 0 heterocycles. The van der Waals surface area contributed by atoms with E-state index in [4.69, 9.17) is 4.74 Å². The fourth-order valence-corrected chi connectivity index (χ4v) is 1.71. The van der Waals surface area contributed by atoms with Gasteiger partial charge in [-0.15, -0.1) is 0 Å². The van der Waals surface area contributed by atoms with E-state index in [1.54, 1.807) is 18.2 Å². The fourth-order valence-electron chi connectivity index (χ4n) is 1.71. The third-order valence-electron chi connectivity index (χ3n) is 2.77. The molecule has 0 aliphatic rings. The second kappa shape index (κ2) is 6.99. The molecular weight excluding hydrogens is 318 g/mol. The molecule has 122 valence electrons. The van der Waals surface area contributed by atoms with Crippen molar-refractivity contribution in [1.29, 1.82) is 0 Å². The molecule has 0 saturated heterocycles. The first kappa shape index (κ1) is 16.6. The van der Waals surface area contributed by atoms with Gasteiger partial charge in [-0.05, 0) is 12.1 Å². The average molecular weight is 329 g/mol. The second-order valence-electron chi connectivity index (χ2n) is 4.37. The molecule has 0 saturated carbocycles. The molecule has 1 N–H and O–H groups in total. The van der Waals surface area contributed by atoms with Gasteiger partial charge in [0.2, 0.25) is 11.6 Å². The Morgan fingerprint density at radius 3 is 2.35 bits per heavy atom. The number of methoxy groups -OCH3 is 1. The van der Waals surface area contributed by atoms with Gasteiger partial charge in [0.25, 0.3) is 5.91 Å². The van der Waals surface area contributed by atoms with E-state index >= 15 is 0 Å². The first-order chi connectivity index (χ1) is 10.9. The summed E-state index contributed by atoms with van der Waals surface area (Å²) >= 11 is 0. The Morgan fingerprint density at radius 1 is 1.09 bits per heavy atom. The van der Waals surface area contributed by atoms with Crippen molar-refractivity contribution >= 4 is 11.6 Å². The van der Waals surface area contributed by atoms with E-state index < -0.39 is 41.5 Å². The first-order valence-corrected chi connectivity index (χ1v) is 6.32. The zero-order valence-electron chi connectivity index (χ0n) is 11.8. The van der Waals surface area contributed by atoms with Crippen LogP contribution >= 0.6 is 0 Å². The highest BCUT2D eigenvalue weighted by molar-refractivity contribution is 5.92. The Balaban J connectivity index is 2.05. The molecule has 4 nitrogen and oxygen atoms in total. The van der Waals surface area contributed by atoms with Crippen molar-refractivity contribution in [1.82, 2.24) is 0 Å². The van der Waals surface area contributed by atoms with Crippen molar-refractivity contribution in [2.45, 2.75) is 0 Å². The van der Waals surface area contributed by atoms with Gasteiger partial charge in [0.1, 0.15) is 5.75 Å². The normalized spacial score (nSPS) is 10.3. The van der Waals surface area contributed by atoms with Crippen LogP contribution < -0.4 is 14.8 Å². The van der Waals surface area contributed by atoms with Gasteiger partial charge in [-0.2, -0.15) is 8.78 Å². The minimum atomic E-state index is -1.71. The molecule has 2 aromatic carbocycles. The van der Waals surface area contributed by atoms with Crippen LogP contribution in [0, 0.1) is 23.3 Å². The molecule has 2 aromatic rings. The minimum Gasteiger partial charge on any atom is -0.497 e. The van der Waals surface area contributed by atoms with Crippen molar-refractivity contribution in [2.75, 3.05) is 19.0 Å². The predicted molar refractivity (Wildman–Crippen MR) is 73.4 cm³/mol. The van der Waals surface area contributed by atoms with Gasteiger partial charge in [-0.1, -0.05) is 6.07 Å². The summed E-state index contributed by atoms with van der Waals surface area (Å²) in [6.07, 6.45) is 0. The Morgan fingerprint density at radius 2 is 1.74 bits per heavy atom. The number of carbonyl (C=O) groups excluding carboxylic acids is 1. The molecule has 2 rings (SSSR count). The number of anilines is 1. The molecule has 0 aromatic heterocycles. The number of hydrogen-bond acceptors (Lipinski definition) is 3. The van der Waals surface area contributed by atoms with Gasteiger partial charge < -0.3 is 14.8 Å². The van der Waals surface area contributed by atoms with Crippen molar-refractivity contribution in [2.24, 2.45) is 0 Å². The molecule has 0 fully saturated rings. The van der Waals surface area contributed by atoms with Gasteiger partial charge in [-0.25, -0.2) is 8.78 Å².